The molecule has 0 saturated heterocycles. The van der Waals surface area contributed by atoms with E-state index < -0.39 is 23.9 Å². The van der Waals surface area contributed by atoms with E-state index in [1.165, 1.54) is 0 Å². The van der Waals surface area contributed by atoms with E-state index in [0.29, 0.717) is 25.2 Å². The van der Waals surface area contributed by atoms with Gasteiger partial charge < -0.3 is 15.5 Å². The molecule has 0 bridgehead atoms. The van der Waals surface area contributed by atoms with Gasteiger partial charge in [0.05, 0.1) is 17.9 Å². The van der Waals surface area contributed by atoms with Crippen LogP contribution in [0.25, 0.3) is 0 Å². The Morgan fingerprint density at radius 1 is 1.21 bits per heavy atom. The summed E-state index contributed by atoms with van der Waals surface area (Å²) in [5.41, 5.74) is 0. The SMILES string of the molecule is CC(C)CC(O)CNC(=O)[C@@H]1CCCC[C@@H]1C(=O)O. The molecule has 1 rings (SSSR count). The number of rotatable bonds is 6. The largest absolute Gasteiger partial charge is 0.481 e. The van der Waals surface area contributed by atoms with Crippen molar-refractivity contribution < 1.29 is 19.8 Å². The first kappa shape index (κ1) is 16.0. The number of aliphatic hydroxyl groups is 1. The van der Waals surface area contributed by atoms with Crippen LogP contribution in [-0.4, -0.2) is 34.7 Å². The highest BCUT2D eigenvalue weighted by Crippen LogP contribution is 2.30. The van der Waals surface area contributed by atoms with E-state index in [9.17, 15) is 14.7 Å². The lowest BCUT2D eigenvalue weighted by Crippen LogP contribution is -2.42. The first-order valence-electron chi connectivity index (χ1n) is 7.10. The summed E-state index contributed by atoms with van der Waals surface area (Å²) < 4.78 is 0. The Bertz CT molecular complexity index is 317. The summed E-state index contributed by atoms with van der Waals surface area (Å²) in [7, 11) is 0. The normalized spacial score (nSPS) is 25.1. The quantitative estimate of drug-likeness (QED) is 0.681. The van der Waals surface area contributed by atoms with Gasteiger partial charge in [-0.05, 0) is 25.2 Å². The molecule has 1 aliphatic rings. The summed E-state index contributed by atoms with van der Waals surface area (Å²) in [6.45, 7) is 4.22. The van der Waals surface area contributed by atoms with Crippen LogP contribution in [0.4, 0.5) is 0 Å². The lowest BCUT2D eigenvalue weighted by Gasteiger charge is -2.27. The molecule has 19 heavy (non-hydrogen) atoms. The van der Waals surface area contributed by atoms with Crippen molar-refractivity contribution in [2.24, 2.45) is 17.8 Å². The highest BCUT2D eigenvalue weighted by Gasteiger charge is 2.35. The third-order valence-electron chi connectivity index (χ3n) is 3.68. The van der Waals surface area contributed by atoms with Gasteiger partial charge in [0.25, 0.3) is 0 Å². The van der Waals surface area contributed by atoms with Crippen LogP contribution < -0.4 is 5.32 Å². The van der Waals surface area contributed by atoms with Crippen LogP contribution in [0.5, 0.6) is 0 Å². The average molecular weight is 271 g/mol. The molecule has 5 nitrogen and oxygen atoms in total. The van der Waals surface area contributed by atoms with Gasteiger partial charge in [-0.2, -0.15) is 0 Å². The lowest BCUT2D eigenvalue weighted by molar-refractivity contribution is -0.149. The van der Waals surface area contributed by atoms with Crippen molar-refractivity contribution in [1.29, 1.82) is 0 Å². The van der Waals surface area contributed by atoms with Crippen LogP contribution in [0.15, 0.2) is 0 Å². The molecule has 1 amide bonds. The van der Waals surface area contributed by atoms with E-state index in [0.717, 1.165) is 12.8 Å². The summed E-state index contributed by atoms with van der Waals surface area (Å²) >= 11 is 0. The second kappa shape index (κ2) is 7.48. The molecule has 0 aromatic rings. The van der Waals surface area contributed by atoms with Crippen molar-refractivity contribution in [2.45, 2.75) is 52.1 Å². The molecule has 110 valence electrons. The van der Waals surface area contributed by atoms with Gasteiger partial charge in [-0.1, -0.05) is 26.7 Å². The Balaban J connectivity index is 2.44. The minimum Gasteiger partial charge on any atom is -0.481 e. The first-order chi connectivity index (χ1) is 8.91. The predicted molar refractivity (Wildman–Crippen MR) is 71.6 cm³/mol. The van der Waals surface area contributed by atoms with Gasteiger partial charge in [0, 0.05) is 6.54 Å². The second-order valence-corrected chi connectivity index (χ2v) is 5.86. The van der Waals surface area contributed by atoms with Crippen LogP contribution in [0.3, 0.4) is 0 Å². The van der Waals surface area contributed by atoms with E-state index in [-0.39, 0.29) is 12.5 Å². The number of carbonyl (C=O) groups is 2. The minimum absolute atomic E-state index is 0.208. The Morgan fingerprint density at radius 2 is 1.79 bits per heavy atom. The minimum atomic E-state index is -0.887. The molecule has 0 heterocycles. The van der Waals surface area contributed by atoms with Gasteiger partial charge in [-0.15, -0.1) is 0 Å². The van der Waals surface area contributed by atoms with Crippen molar-refractivity contribution in [3.8, 4) is 0 Å². The number of carboxylic acids is 1. The number of aliphatic carboxylic acids is 1. The molecule has 1 fully saturated rings. The van der Waals surface area contributed by atoms with Crippen LogP contribution in [0.1, 0.15) is 46.0 Å². The van der Waals surface area contributed by atoms with E-state index in [4.69, 9.17) is 5.11 Å². The molecule has 0 spiro atoms. The van der Waals surface area contributed by atoms with Crippen LogP contribution >= 0.6 is 0 Å². The zero-order valence-corrected chi connectivity index (χ0v) is 11.8. The molecule has 1 unspecified atom stereocenters. The van der Waals surface area contributed by atoms with E-state index in [2.05, 4.69) is 5.32 Å². The molecule has 0 aromatic heterocycles. The van der Waals surface area contributed by atoms with Crippen molar-refractivity contribution in [3.63, 3.8) is 0 Å². The van der Waals surface area contributed by atoms with E-state index in [1.54, 1.807) is 0 Å². The highest BCUT2D eigenvalue weighted by molar-refractivity contribution is 5.84. The standard InChI is InChI=1S/C14H25NO4/c1-9(2)7-10(16)8-15-13(17)11-5-3-4-6-12(11)14(18)19/h9-12,16H,3-8H2,1-2H3,(H,15,17)(H,18,19)/t10?,11-,12+/m1/s1. The van der Waals surface area contributed by atoms with Crippen LogP contribution in [0.2, 0.25) is 0 Å². The second-order valence-electron chi connectivity index (χ2n) is 5.86. The van der Waals surface area contributed by atoms with E-state index >= 15 is 0 Å². The topological polar surface area (TPSA) is 86.6 Å². The highest BCUT2D eigenvalue weighted by atomic mass is 16.4. The molecule has 0 aromatic carbocycles. The summed E-state index contributed by atoms with van der Waals surface area (Å²) in [5.74, 6) is -1.76. The van der Waals surface area contributed by atoms with Gasteiger partial charge in [0.2, 0.25) is 5.91 Å². The Kier molecular flexibility index (Phi) is 6.28. The van der Waals surface area contributed by atoms with Crippen molar-refractivity contribution >= 4 is 11.9 Å². The average Bonchev–Trinajstić information content (AvgIpc) is 2.35. The number of carbonyl (C=O) groups excluding carboxylic acids is 1. The van der Waals surface area contributed by atoms with Crippen molar-refractivity contribution in [1.82, 2.24) is 5.32 Å². The number of nitrogens with one attached hydrogen (secondary N) is 1. The number of carboxylic acid groups (broad SMARTS) is 1. The van der Waals surface area contributed by atoms with E-state index in [1.807, 2.05) is 13.8 Å². The molecular weight excluding hydrogens is 246 g/mol. The predicted octanol–water partition coefficient (Wildman–Crippen LogP) is 1.40. The van der Waals surface area contributed by atoms with Crippen molar-refractivity contribution in [3.05, 3.63) is 0 Å². The fourth-order valence-electron chi connectivity index (χ4n) is 2.72. The Labute approximate surface area is 114 Å². The number of hydrogen-bond donors (Lipinski definition) is 3. The number of amides is 1. The summed E-state index contributed by atoms with van der Waals surface area (Å²) in [4.78, 5) is 23.1. The molecule has 3 N–H and O–H groups in total. The van der Waals surface area contributed by atoms with Gasteiger partial charge in [0.1, 0.15) is 0 Å². The van der Waals surface area contributed by atoms with Gasteiger partial charge in [-0.25, -0.2) is 0 Å². The molecular formula is C14H25NO4. The zero-order chi connectivity index (χ0) is 14.4. The lowest BCUT2D eigenvalue weighted by atomic mass is 9.78. The Hall–Kier alpha value is -1.10. The maximum atomic E-state index is 12.0. The van der Waals surface area contributed by atoms with Gasteiger partial charge in [-0.3, -0.25) is 9.59 Å². The first-order valence-corrected chi connectivity index (χ1v) is 7.10. The molecule has 1 aliphatic carbocycles. The Morgan fingerprint density at radius 3 is 2.32 bits per heavy atom. The summed E-state index contributed by atoms with van der Waals surface area (Å²) in [6.07, 6.45) is 3.04. The van der Waals surface area contributed by atoms with Gasteiger partial charge >= 0.3 is 5.97 Å². The zero-order valence-electron chi connectivity index (χ0n) is 11.8. The number of aliphatic hydroxyl groups excluding tert-OH is 1. The molecule has 3 atom stereocenters. The monoisotopic (exact) mass is 271 g/mol. The molecule has 5 heteroatoms. The summed E-state index contributed by atoms with van der Waals surface area (Å²) in [5, 5.41) is 21.5. The third-order valence-corrected chi connectivity index (χ3v) is 3.68. The third kappa shape index (κ3) is 5.19. The van der Waals surface area contributed by atoms with Crippen LogP contribution in [0, 0.1) is 17.8 Å². The van der Waals surface area contributed by atoms with Crippen molar-refractivity contribution in [2.75, 3.05) is 6.54 Å². The smallest absolute Gasteiger partial charge is 0.307 e. The van der Waals surface area contributed by atoms with Gasteiger partial charge in [0.15, 0.2) is 0 Å². The maximum Gasteiger partial charge on any atom is 0.307 e. The fraction of sp³-hybridized carbons (Fsp3) is 0.857. The maximum absolute atomic E-state index is 12.0. The number of hydrogen-bond acceptors (Lipinski definition) is 3. The molecule has 1 saturated carbocycles. The molecule has 0 aliphatic heterocycles. The molecule has 0 radical (unpaired) electrons. The fourth-order valence-corrected chi connectivity index (χ4v) is 2.72. The summed E-state index contributed by atoms with van der Waals surface area (Å²) in [6, 6.07) is 0. The van der Waals surface area contributed by atoms with Crippen LogP contribution in [-0.2, 0) is 9.59 Å².